The Labute approximate surface area is 452 Å². The number of nitrogens with zero attached hydrogens (tertiary/aromatic N) is 8. The number of carbonyl (C=O) groups is 4. The molecule has 0 fully saturated rings. The molecule has 0 spiro atoms. The molecule has 0 unspecified atom stereocenters. The van der Waals surface area contributed by atoms with E-state index < -0.39 is 64.4 Å². The van der Waals surface area contributed by atoms with Gasteiger partial charge in [0.1, 0.15) is 29.2 Å². The van der Waals surface area contributed by atoms with Gasteiger partial charge in [-0.05, 0) is 81.2 Å². The molecular formula is C51H76N12O15. The third-order valence-corrected chi connectivity index (χ3v) is 9.72. The highest BCUT2D eigenvalue weighted by atomic mass is 16.7. The minimum atomic E-state index is -1.43. The van der Waals surface area contributed by atoms with Crippen LogP contribution in [0, 0.1) is 0 Å². The fourth-order valence-electron chi connectivity index (χ4n) is 6.53. The van der Waals surface area contributed by atoms with E-state index in [2.05, 4.69) is 36.8 Å². The van der Waals surface area contributed by atoms with Crippen LogP contribution in [0.5, 0.6) is 11.5 Å². The number of carbonyl (C=O) groups excluding carboxylic acids is 3. The Bertz CT molecular complexity index is 2740. The average Bonchev–Trinajstić information content (AvgIpc) is 4.06. The normalized spacial score (nSPS) is 11.2. The van der Waals surface area contributed by atoms with Crippen LogP contribution in [-0.4, -0.2) is 126 Å². The Balaban J connectivity index is 0.000000337. The van der Waals surface area contributed by atoms with Gasteiger partial charge in [-0.2, -0.15) is 0 Å². The zero-order chi connectivity index (χ0) is 57.8. The minimum Gasteiger partial charge on any atom is -0.487 e. The van der Waals surface area contributed by atoms with E-state index in [0.717, 1.165) is 39.3 Å². The highest BCUT2D eigenvalue weighted by Gasteiger charge is 2.26. The monoisotopic (exact) mass is 1100 g/mol. The minimum absolute atomic E-state index is 0.00676. The van der Waals surface area contributed by atoms with Crippen LogP contribution in [0.1, 0.15) is 140 Å². The van der Waals surface area contributed by atoms with Gasteiger partial charge in [0, 0.05) is 64.0 Å². The molecule has 27 heteroatoms. The van der Waals surface area contributed by atoms with Gasteiger partial charge in [0.25, 0.3) is 5.91 Å². The Morgan fingerprint density at radius 1 is 0.654 bits per heavy atom. The number of hydrogen-bond acceptors (Lipinski definition) is 19. The molecule has 5 aromatic rings. The van der Waals surface area contributed by atoms with Crippen LogP contribution in [0.15, 0.2) is 76.8 Å². The van der Waals surface area contributed by atoms with E-state index in [1.807, 2.05) is 40.7 Å². The number of carboxylic acids is 1. The van der Waals surface area contributed by atoms with Crippen LogP contribution in [0.4, 0.5) is 9.59 Å². The lowest BCUT2D eigenvalue weighted by molar-refractivity contribution is -0.144. The van der Waals surface area contributed by atoms with Crippen molar-refractivity contribution in [3.8, 4) is 11.5 Å². The van der Waals surface area contributed by atoms with Crippen molar-refractivity contribution in [1.29, 1.82) is 0 Å². The van der Waals surface area contributed by atoms with Gasteiger partial charge in [-0.25, -0.2) is 44.0 Å². The maximum atomic E-state index is 13.3. The molecule has 0 bridgehead atoms. The maximum absolute atomic E-state index is 13.3. The number of benzene rings is 1. The van der Waals surface area contributed by atoms with Gasteiger partial charge < -0.3 is 54.1 Å². The Morgan fingerprint density at radius 3 is 1.55 bits per heavy atom. The number of amides is 3. The fraction of sp³-hybridized carbons (Fsp3) is 0.529. The molecule has 3 amide bonds. The first-order valence-electron chi connectivity index (χ1n) is 25.4. The molecular weight excluding hydrogens is 1020 g/mol. The lowest BCUT2D eigenvalue weighted by Gasteiger charge is -2.22. The molecule has 5 rings (SSSR count). The predicted molar refractivity (Wildman–Crippen MR) is 284 cm³/mol. The number of hydrogen-bond donors (Lipinski definition) is 5. The molecule has 27 nitrogen and oxygen atoms in total. The van der Waals surface area contributed by atoms with Crippen LogP contribution in [0.3, 0.4) is 0 Å². The van der Waals surface area contributed by atoms with Gasteiger partial charge in [0.15, 0.2) is 22.9 Å². The number of nitrogens with two attached hydrogens (primary N) is 1. The Hall–Kier alpha value is -7.72. The standard InChI is InChI=1S/C24H38N6O7.C18H20N2O6.C9H18N4O2/c1-7-10-15-36-20-18(31)11-13-30(27-23(33)37-24(4,5)6)19(20)21(32)25-12-14-29-17(16-26-28-29)22(34-8-2)35-9-3;1-18(2,3)26-17(24)19-20-10-9-13(21)15(14(20)16(22)23)25-11-12-7-5-4-6-8-12;1-3-14-9(15-4-2)8-7-11-12-13(8)6-5-10/h11,13,16,22H,7-10,12,14-15H2,1-6H3,(H,25,32)(H,27,33);4-10H,11H2,1-3H3,(H,19,24)(H,22,23);7,9H,3-6,10H2,1-2H3. The summed E-state index contributed by atoms with van der Waals surface area (Å²) in [4.78, 5) is 73.9. The van der Waals surface area contributed by atoms with E-state index in [4.69, 9.17) is 43.6 Å². The van der Waals surface area contributed by atoms with Crippen molar-refractivity contribution in [3.05, 3.63) is 116 Å². The first-order chi connectivity index (χ1) is 37.1. The summed E-state index contributed by atoms with van der Waals surface area (Å²) in [6.45, 7) is 23.5. The maximum Gasteiger partial charge on any atom is 0.426 e. The van der Waals surface area contributed by atoms with Gasteiger partial charge in [0.2, 0.25) is 23.4 Å². The topological polar surface area (TPSA) is 330 Å². The zero-order valence-electron chi connectivity index (χ0n) is 46.3. The summed E-state index contributed by atoms with van der Waals surface area (Å²) in [7, 11) is 0. The smallest absolute Gasteiger partial charge is 0.426 e. The summed E-state index contributed by atoms with van der Waals surface area (Å²) in [5.74, 6) is -2.60. The van der Waals surface area contributed by atoms with E-state index in [-0.39, 0.29) is 43.5 Å². The Kier molecular flexibility index (Phi) is 27.1. The van der Waals surface area contributed by atoms with Gasteiger partial charge in [-0.15, -0.1) is 10.2 Å². The lowest BCUT2D eigenvalue weighted by Crippen LogP contribution is -2.38. The molecule has 0 radical (unpaired) electrons. The molecule has 430 valence electrons. The molecule has 0 aliphatic carbocycles. The van der Waals surface area contributed by atoms with Crippen LogP contribution in [-0.2, 0) is 48.1 Å². The van der Waals surface area contributed by atoms with Crippen molar-refractivity contribution in [1.82, 2.24) is 44.7 Å². The van der Waals surface area contributed by atoms with E-state index in [9.17, 15) is 33.9 Å². The lowest BCUT2D eigenvalue weighted by atomic mass is 10.2. The molecule has 0 saturated carbocycles. The third-order valence-electron chi connectivity index (χ3n) is 9.72. The van der Waals surface area contributed by atoms with Crippen LogP contribution in [0.2, 0.25) is 0 Å². The second-order valence-electron chi connectivity index (χ2n) is 18.3. The average molecular weight is 1100 g/mol. The number of unbranched alkanes of at least 4 members (excludes halogenated alkanes) is 1. The summed E-state index contributed by atoms with van der Waals surface area (Å²) in [6, 6.07) is 11.3. The molecule has 0 saturated heterocycles. The number of aromatic nitrogens is 8. The molecule has 4 heterocycles. The Morgan fingerprint density at radius 2 is 1.12 bits per heavy atom. The SMILES string of the molecule is CC(C)(C)OC(=O)Nn1ccc(=O)c(OCc2ccccc2)c1C(=O)O.CCCCOc1c(C(=O)NCCn2nncc2C(OCC)OCC)n(NC(=O)OC(C)(C)C)ccc1=O.CCOC(OCC)c1cnnn1CCN. The highest BCUT2D eigenvalue weighted by Crippen LogP contribution is 2.20. The van der Waals surface area contributed by atoms with Crippen molar-refractivity contribution in [3.63, 3.8) is 0 Å². The largest absolute Gasteiger partial charge is 0.487 e. The van der Waals surface area contributed by atoms with Crippen molar-refractivity contribution in [2.24, 2.45) is 5.73 Å². The summed E-state index contributed by atoms with van der Waals surface area (Å²) < 4.78 is 48.9. The zero-order valence-corrected chi connectivity index (χ0v) is 46.3. The van der Waals surface area contributed by atoms with Crippen molar-refractivity contribution < 1.29 is 62.2 Å². The van der Waals surface area contributed by atoms with E-state index in [1.165, 1.54) is 18.5 Å². The van der Waals surface area contributed by atoms with E-state index in [1.54, 1.807) is 81.4 Å². The second kappa shape index (κ2) is 32.8. The molecule has 0 aliphatic rings. The molecule has 0 aliphatic heterocycles. The van der Waals surface area contributed by atoms with Crippen LogP contribution < -0.4 is 42.2 Å². The summed E-state index contributed by atoms with van der Waals surface area (Å²) >= 11 is 0. The second-order valence-corrected chi connectivity index (χ2v) is 18.3. The number of rotatable bonds is 26. The van der Waals surface area contributed by atoms with Crippen molar-refractivity contribution in [2.75, 3.05) is 57.0 Å². The van der Waals surface area contributed by atoms with Crippen molar-refractivity contribution in [2.45, 2.75) is 132 Å². The first-order valence-corrected chi connectivity index (χ1v) is 25.4. The van der Waals surface area contributed by atoms with E-state index >= 15 is 0 Å². The summed E-state index contributed by atoms with van der Waals surface area (Å²) in [6.07, 6.45) is 4.41. The molecule has 0 atom stereocenters. The molecule has 78 heavy (non-hydrogen) atoms. The van der Waals surface area contributed by atoms with E-state index in [0.29, 0.717) is 51.6 Å². The highest BCUT2D eigenvalue weighted by molar-refractivity contribution is 5.96. The van der Waals surface area contributed by atoms with Crippen LogP contribution in [0.25, 0.3) is 0 Å². The third kappa shape index (κ3) is 21.7. The number of pyridine rings is 2. The number of ether oxygens (including phenoxy) is 8. The van der Waals surface area contributed by atoms with Crippen molar-refractivity contribution >= 4 is 24.1 Å². The molecule has 1 aromatic carbocycles. The molecule has 6 N–H and O–H groups in total. The predicted octanol–water partition coefficient (Wildman–Crippen LogP) is 5.51. The van der Waals surface area contributed by atoms with Gasteiger partial charge in [-0.1, -0.05) is 54.1 Å². The van der Waals surface area contributed by atoms with Gasteiger partial charge in [0.05, 0.1) is 32.1 Å². The molecule has 4 aromatic heterocycles. The summed E-state index contributed by atoms with van der Waals surface area (Å²) in [5.41, 5.74) is 9.10. The fourth-order valence-corrected chi connectivity index (χ4v) is 6.53. The van der Waals surface area contributed by atoms with Gasteiger partial charge >= 0.3 is 18.2 Å². The van der Waals surface area contributed by atoms with Crippen LogP contribution >= 0.6 is 0 Å². The number of nitrogens with one attached hydrogen (secondary N) is 3. The number of aromatic carboxylic acids is 1. The van der Waals surface area contributed by atoms with Gasteiger partial charge in [-0.3, -0.25) is 14.4 Å². The quantitative estimate of drug-likeness (QED) is 0.0336. The summed E-state index contributed by atoms with van der Waals surface area (Å²) in [5, 5.41) is 27.9. The number of carboxylic acid groups (broad SMARTS) is 1. The first kappa shape index (κ1) is 64.6.